The van der Waals surface area contributed by atoms with E-state index in [0.29, 0.717) is 11.3 Å². The average Bonchev–Trinajstić information content (AvgIpc) is 2.69. The van der Waals surface area contributed by atoms with Crippen molar-refractivity contribution in [1.82, 2.24) is 14.5 Å². The Morgan fingerprint density at radius 2 is 2.04 bits per heavy atom. The topological polar surface area (TPSA) is 50.6 Å². The number of hydrogen-bond donors (Lipinski definition) is 0. The number of hydrogen-bond acceptors (Lipinski definition) is 5. The third kappa shape index (κ3) is 4.01. The highest BCUT2D eigenvalue weighted by Crippen LogP contribution is 2.22. The third-order valence-corrected chi connectivity index (χ3v) is 5.83. The molecule has 3 heterocycles. The summed E-state index contributed by atoms with van der Waals surface area (Å²) in [7, 11) is 0. The first kappa shape index (κ1) is 18.4. The Balaban J connectivity index is 1.43. The zero-order chi connectivity index (χ0) is 18.8. The third-order valence-electron chi connectivity index (χ3n) is 5.83. The van der Waals surface area contributed by atoms with E-state index < -0.39 is 0 Å². The minimum atomic E-state index is 0.0427. The maximum absolute atomic E-state index is 12.6. The molecule has 2 aromatic rings. The summed E-state index contributed by atoms with van der Waals surface area (Å²) in [6.45, 7) is 11.2. The van der Waals surface area contributed by atoms with Gasteiger partial charge in [0.05, 0.1) is 23.8 Å². The second-order valence-corrected chi connectivity index (χ2v) is 8.12. The molecule has 2 saturated heterocycles. The Kier molecular flexibility index (Phi) is 5.45. The van der Waals surface area contributed by atoms with Crippen LogP contribution < -0.4 is 10.5 Å². The summed E-state index contributed by atoms with van der Waals surface area (Å²) in [5.41, 5.74) is 2.00. The highest BCUT2D eigenvalue weighted by molar-refractivity contribution is 5.81. The summed E-state index contributed by atoms with van der Waals surface area (Å²) in [5, 5.41) is 0.700. The first-order valence-electron chi connectivity index (χ1n) is 10.2. The Morgan fingerprint density at radius 1 is 1.22 bits per heavy atom. The highest BCUT2D eigenvalue weighted by Gasteiger charge is 2.22. The molecule has 0 spiro atoms. The van der Waals surface area contributed by atoms with Crippen LogP contribution >= 0.6 is 0 Å². The molecular weight excluding hydrogens is 340 g/mol. The molecule has 27 heavy (non-hydrogen) atoms. The van der Waals surface area contributed by atoms with Crippen LogP contribution in [0.25, 0.3) is 10.9 Å². The van der Waals surface area contributed by atoms with Gasteiger partial charge in [-0.1, -0.05) is 0 Å². The summed E-state index contributed by atoms with van der Waals surface area (Å²) < 4.78 is 7.31. The number of aromatic nitrogens is 2. The smallest absolute Gasteiger partial charge is 0.261 e. The van der Waals surface area contributed by atoms with Gasteiger partial charge in [0.25, 0.3) is 5.56 Å². The molecule has 2 aliphatic rings. The van der Waals surface area contributed by atoms with Crippen molar-refractivity contribution in [3.63, 3.8) is 0 Å². The van der Waals surface area contributed by atoms with Crippen molar-refractivity contribution in [2.75, 3.05) is 50.8 Å². The quantitative estimate of drug-likeness (QED) is 0.828. The standard InChI is InChI=1S/C21H30N4O2/c1-16(2)25-15-22-20-12-18(5-6-19(20)21(25)26)24-9-7-23(8-10-24)13-17-4-3-11-27-14-17/h5-6,12,15-17H,3-4,7-11,13-14H2,1-2H3. The van der Waals surface area contributed by atoms with Gasteiger partial charge in [0.2, 0.25) is 0 Å². The fraction of sp³-hybridized carbons (Fsp3) is 0.619. The van der Waals surface area contributed by atoms with Crippen molar-refractivity contribution in [1.29, 1.82) is 0 Å². The van der Waals surface area contributed by atoms with E-state index >= 15 is 0 Å². The first-order chi connectivity index (χ1) is 13.1. The lowest BCUT2D eigenvalue weighted by atomic mass is 10.0. The predicted molar refractivity (Wildman–Crippen MR) is 109 cm³/mol. The van der Waals surface area contributed by atoms with Gasteiger partial charge in [0.15, 0.2) is 0 Å². The second-order valence-electron chi connectivity index (χ2n) is 8.12. The minimum Gasteiger partial charge on any atom is -0.381 e. The van der Waals surface area contributed by atoms with E-state index in [9.17, 15) is 4.79 Å². The van der Waals surface area contributed by atoms with E-state index in [2.05, 4.69) is 26.9 Å². The van der Waals surface area contributed by atoms with Crippen LogP contribution in [0.4, 0.5) is 5.69 Å². The molecule has 1 aromatic heterocycles. The number of benzene rings is 1. The monoisotopic (exact) mass is 370 g/mol. The van der Waals surface area contributed by atoms with Gasteiger partial charge in [0, 0.05) is 51.1 Å². The molecule has 0 N–H and O–H groups in total. The fourth-order valence-electron chi connectivity index (χ4n) is 4.19. The van der Waals surface area contributed by atoms with E-state index in [-0.39, 0.29) is 11.6 Å². The van der Waals surface area contributed by atoms with Gasteiger partial charge >= 0.3 is 0 Å². The summed E-state index contributed by atoms with van der Waals surface area (Å²) in [4.78, 5) is 22.1. The van der Waals surface area contributed by atoms with Crippen LogP contribution in [0.5, 0.6) is 0 Å². The number of fused-ring (bicyclic) bond motifs is 1. The molecule has 6 heteroatoms. The maximum Gasteiger partial charge on any atom is 0.261 e. The summed E-state index contributed by atoms with van der Waals surface area (Å²) in [6, 6.07) is 6.19. The predicted octanol–water partition coefficient (Wildman–Crippen LogP) is 2.53. The van der Waals surface area contributed by atoms with E-state index in [1.807, 2.05) is 19.9 Å². The van der Waals surface area contributed by atoms with Gasteiger partial charge in [-0.15, -0.1) is 0 Å². The lowest BCUT2D eigenvalue weighted by Crippen LogP contribution is -2.48. The van der Waals surface area contributed by atoms with Crippen LogP contribution in [0, 0.1) is 5.92 Å². The van der Waals surface area contributed by atoms with Crippen LogP contribution in [0.1, 0.15) is 32.7 Å². The SMILES string of the molecule is CC(C)n1cnc2cc(N3CCN(CC4CCCOC4)CC3)ccc2c1=O. The summed E-state index contributed by atoms with van der Waals surface area (Å²) in [6.07, 6.45) is 4.17. The van der Waals surface area contributed by atoms with Crippen molar-refractivity contribution >= 4 is 16.6 Å². The zero-order valence-electron chi connectivity index (χ0n) is 16.4. The maximum atomic E-state index is 12.6. The molecule has 0 radical (unpaired) electrons. The van der Waals surface area contributed by atoms with Gasteiger partial charge in [-0.2, -0.15) is 0 Å². The number of rotatable bonds is 4. The molecule has 0 aliphatic carbocycles. The van der Waals surface area contributed by atoms with Crippen LogP contribution in [-0.4, -0.2) is 60.4 Å². The van der Waals surface area contributed by atoms with Crippen molar-refractivity contribution in [3.05, 3.63) is 34.9 Å². The number of nitrogens with zero attached hydrogens (tertiary/aromatic N) is 4. The molecule has 1 aromatic carbocycles. The zero-order valence-corrected chi connectivity index (χ0v) is 16.4. The second kappa shape index (κ2) is 7.98. The Morgan fingerprint density at radius 3 is 2.74 bits per heavy atom. The fourth-order valence-corrected chi connectivity index (χ4v) is 4.19. The first-order valence-corrected chi connectivity index (χ1v) is 10.2. The molecular formula is C21H30N4O2. The number of ether oxygens (including phenoxy) is 1. The van der Waals surface area contributed by atoms with E-state index in [4.69, 9.17) is 4.74 Å². The molecule has 0 saturated carbocycles. The Hall–Kier alpha value is -1.92. The largest absolute Gasteiger partial charge is 0.381 e. The van der Waals surface area contributed by atoms with Crippen molar-refractivity contribution in [2.45, 2.75) is 32.7 Å². The van der Waals surface area contributed by atoms with E-state index in [0.717, 1.165) is 57.1 Å². The average molecular weight is 370 g/mol. The number of piperazine rings is 1. The van der Waals surface area contributed by atoms with Crippen LogP contribution in [-0.2, 0) is 4.74 Å². The normalized spacial score (nSPS) is 21.9. The summed E-state index contributed by atoms with van der Waals surface area (Å²) >= 11 is 0. The Labute approximate surface area is 160 Å². The summed E-state index contributed by atoms with van der Waals surface area (Å²) in [5.74, 6) is 0.693. The van der Waals surface area contributed by atoms with Crippen LogP contribution in [0.3, 0.4) is 0 Å². The van der Waals surface area contributed by atoms with Crippen LogP contribution in [0.15, 0.2) is 29.3 Å². The van der Waals surface area contributed by atoms with Gasteiger partial charge < -0.3 is 9.64 Å². The molecule has 0 amide bonds. The molecule has 2 aliphatic heterocycles. The van der Waals surface area contributed by atoms with Gasteiger partial charge in [0.1, 0.15) is 0 Å². The van der Waals surface area contributed by atoms with Crippen molar-refractivity contribution < 1.29 is 4.74 Å². The van der Waals surface area contributed by atoms with Gasteiger partial charge in [-0.05, 0) is 50.8 Å². The lowest BCUT2D eigenvalue weighted by Gasteiger charge is -2.38. The van der Waals surface area contributed by atoms with E-state index in [1.165, 1.54) is 12.8 Å². The Bertz CT molecular complexity index is 834. The minimum absolute atomic E-state index is 0.0427. The molecule has 1 unspecified atom stereocenters. The highest BCUT2D eigenvalue weighted by atomic mass is 16.5. The molecule has 0 bridgehead atoms. The lowest BCUT2D eigenvalue weighted by molar-refractivity contribution is 0.0377. The van der Waals surface area contributed by atoms with Crippen molar-refractivity contribution in [3.8, 4) is 0 Å². The van der Waals surface area contributed by atoms with Crippen molar-refractivity contribution in [2.24, 2.45) is 5.92 Å². The molecule has 4 rings (SSSR count). The number of anilines is 1. The van der Waals surface area contributed by atoms with Gasteiger partial charge in [-0.3, -0.25) is 14.3 Å². The van der Waals surface area contributed by atoms with Crippen LogP contribution in [0.2, 0.25) is 0 Å². The molecule has 146 valence electrons. The molecule has 2 fully saturated rings. The molecule has 6 nitrogen and oxygen atoms in total. The van der Waals surface area contributed by atoms with E-state index in [1.54, 1.807) is 10.9 Å². The van der Waals surface area contributed by atoms with Gasteiger partial charge in [-0.25, -0.2) is 4.98 Å². The molecule has 1 atom stereocenters.